The summed E-state index contributed by atoms with van der Waals surface area (Å²) >= 11 is 9.21. The zero-order valence-electron chi connectivity index (χ0n) is 15.2. The number of halogens is 1. The topological polar surface area (TPSA) is 45.7 Å². The fraction of sp³-hybridized carbons (Fsp3) is 0.300. The van der Waals surface area contributed by atoms with Crippen LogP contribution in [-0.2, 0) is 9.53 Å². The van der Waals surface area contributed by atoms with E-state index in [1.54, 1.807) is 22.3 Å². The molecular weight excluding hydrogens is 414 g/mol. The van der Waals surface area contributed by atoms with Gasteiger partial charge >= 0.3 is 0 Å². The van der Waals surface area contributed by atoms with E-state index < -0.39 is 0 Å². The first-order valence-electron chi connectivity index (χ1n) is 9.08. The van der Waals surface area contributed by atoms with Gasteiger partial charge in [0.1, 0.15) is 0 Å². The number of carbonyl (C=O) groups excluding carboxylic acids is 1. The minimum Gasteiger partial charge on any atom is -0.379 e. The first-order valence-corrected chi connectivity index (χ1v) is 11.2. The Labute approximate surface area is 176 Å². The van der Waals surface area contributed by atoms with Crippen LogP contribution in [0.3, 0.4) is 0 Å². The van der Waals surface area contributed by atoms with Crippen molar-refractivity contribution < 1.29 is 9.53 Å². The second kappa shape index (κ2) is 9.15. The molecule has 0 bridgehead atoms. The third-order valence-electron chi connectivity index (χ3n) is 4.51. The quantitative estimate of drug-likeness (QED) is 0.541. The molecule has 3 heterocycles. The molecule has 28 heavy (non-hydrogen) atoms. The second-order valence-corrected chi connectivity index (χ2v) is 8.83. The number of anilines is 1. The van der Waals surface area contributed by atoms with Crippen molar-refractivity contribution in [3.8, 4) is 0 Å². The number of morpholine rings is 1. The lowest BCUT2D eigenvalue weighted by atomic mass is 10.3. The number of thiophene rings is 1. The van der Waals surface area contributed by atoms with Crippen molar-refractivity contribution in [1.82, 2.24) is 9.88 Å². The molecule has 1 saturated heterocycles. The molecule has 0 N–H and O–H groups in total. The number of hydrogen-bond acceptors (Lipinski definition) is 6. The number of hydrogen-bond donors (Lipinski definition) is 0. The Hall–Kier alpha value is -1.77. The Balaban J connectivity index is 1.56. The summed E-state index contributed by atoms with van der Waals surface area (Å²) in [6, 6.07) is 9.58. The minimum atomic E-state index is -0.0631. The number of amides is 1. The van der Waals surface area contributed by atoms with E-state index in [-0.39, 0.29) is 5.91 Å². The lowest BCUT2D eigenvalue weighted by molar-refractivity contribution is -0.114. The van der Waals surface area contributed by atoms with Crippen molar-refractivity contribution in [3.05, 3.63) is 51.7 Å². The number of benzene rings is 1. The van der Waals surface area contributed by atoms with Gasteiger partial charge in [0.05, 0.1) is 23.4 Å². The van der Waals surface area contributed by atoms with E-state index >= 15 is 0 Å². The SMILES string of the molecule is O=C(C=Cc1cccs1)N(CCN1CCOCC1)c1nc2ccc(Cl)cc2s1. The monoisotopic (exact) mass is 433 g/mol. The number of carbonyl (C=O) groups is 1. The highest BCUT2D eigenvalue weighted by atomic mass is 35.5. The van der Waals surface area contributed by atoms with Crippen LogP contribution in [0.4, 0.5) is 5.13 Å². The van der Waals surface area contributed by atoms with Crippen LogP contribution in [0.5, 0.6) is 0 Å². The van der Waals surface area contributed by atoms with Crippen LogP contribution >= 0.6 is 34.3 Å². The average Bonchev–Trinajstić information content (AvgIpc) is 3.36. The van der Waals surface area contributed by atoms with Crippen LogP contribution < -0.4 is 4.90 Å². The molecule has 1 aliphatic rings. The summed E-state index contributed by atoms with van der Waals surface area (Å²) < 4.78 is 6.40. The average molecular weight is 434 g/mol. The van der Waals surface area contributed by atoms with Crippen LogP contribution in [0.1, 0.15) is 4.88 Å². The van der Waals surface area contributed by atoms with Crippen molar-refractivity contribution in [2.45, 2.75) is 0 Å². The van der Waals surface area contributed by atoms with Gasteiger partial charge in [-0.25, -0.2) is 4.98 Å². The lowest BCUT2D eigenvalue weighted by Gasteiger charge is -2.28. The molecule has 5 nitrogen and oxygen atoms in total. The smallest absolute Gasteiger partial charge is 0.252 e. The first kappa shape index (κ1) is 19.5. The van der Waals surface area contributed by atoms with Crippen molar-refractivity contribution >= 4 is 61.6 Å². The van der Waals surface area contributed by atoms with E-state index in [0.717, 1.165) is 47.9 Å². The van der Waals surface area contributed by atoms with Gasteiger partial charge in [-0.2, -0.15) is 0 Å². The van der Waals surface area contributed by atoms with Crippen LogP contribution in [-0.4, -0.2) is 55.2 Å². The van der Waals surface area contributed by atoms with Crippen LogP contribution in [0.15, 0.2) is 41.8 Å². The third-order valence-corrected chi connectivity index (χ3v) is 6.63. The van der Waals surface area contributed by atoms with E-state index in [2.05, 4.69) is 9.88 Å². The van der Waals surface area contributed by atoms with E-state index in [1.807, 2.05) is 41.8 Å². The van der Waals surface area contributed by atoms with E-state index in [1.165, 1.54) is 11.3 Å². The van der Waals surface area contributed by atoms with Gasteiger partial charge in [0.25, 0.3) is 5.91 Å². The molecule has 146 valence electrons. The zero-order valence-corrected chi connectivity index (χ0v) is 17.6. The van der Waals surface area contributed by atoms with Crippen molar-refractivity contribution in [1.29, 1.82) is 0 Å². The number of nitrogens with zero attached hydrogens (tertiary/aromatic N) is 3. The molecule has 0 saturated carbocycles. The van der Waals surface area contributed by atoms with Crippen molar-refractivity contribution in [2.75, 3.05) is 44.3 Å². The molecule has 1 aliphatic heterocycles. The molecule has 4 rings (SSSR count). The Kier molecular flexibility index (Phi) is 6.39. The third kappa shape index (κ3) is 4.79. The highest BCUT2D eigenvalue weighted by Gasteiger charge is 2.20. The lowest BCUT2D eigenvalue weighted by Crippen LogP contribution is -2.42. The van der Waals surface area contributed by atoms with Gasteiger partial charge in [-0.05, 0) is 35.7 Å². The first-order chi connectivity index (χ1) is 13.7. The molecule has 0 atom stereocenters. The maximum Gasteiger partial charge on any atom is 0.252 e. The number of fused-ring (bicyclic) bond motifs is 1. The molecular formula is C20H20ClN3O2S2. The van der Waals surface area contributed by atoms with Crippen LogP contribution in [0, 0.1) is 0 Å². The van der Waals surface area contributed by atoms with E-state index in [0.29, 0.717) is 16.7 Å². The fourth-order valence-corrected chi connectivity index (χ4v) is 4.89. The van der Waals surface area contributed by atoms with E-state index in [4.69, 9.17) is 16.3 Å². The Bertz CT molecular complexity index is 965. The van der Waals surface area contributed by atoms with Crippen molar-refractivity contribution in [3.63, 3.8) is 0 Å². The number of rotatable bonds is 6. The van der Waals surface area contributed by atoms with Gasteiger partial charge in [-0.15, -0.1) is 11.3 Å². The molecule has 0 aliphatic carbocycles. The normalized spacial score (nSPS) is 15.5. The predicted molar refractivity (Wildman–Crippen MR) is 118 cm³/mol. The summed E-state index contributed by atoms with van der Waals surface area (Å²) in [6.45, 7) is 4.64. The molecule has 0 unspecified atom stereocenters. The Morgan fingerprint density at radius 2 is 2.18 bits per heavy atom. The molecule has 2 aromatic heterocycles. The number of thiazole rings is 1. The molecule has 3 aromatic rings. The number of ether oxygens (including phenoxy) is 1. The van der Waals surface area contributed by atoms with Gasteiger partial charge < -0.3 is 4.74 Å². The Morgan fingerprint density at radius 1 is 1.32 bits per heavy atom. The van der Waals surface area contributed by atoms with Gasteiger partial charge in [-0.3, -0.25) is 14.6 Å². The van der Waals surface area contributed by atoms with Gasteiger partial charge in [-0.1, -0.05) is 29.0 Å². The summed E-state index contributed by atoms with van der Waals surface area (Å²) in [6.07, 6.45) is 3.49. The van der Waals surface area contributed by atoms with Gasteiger partial charge in [0.2, 0.25) is 0 Å². The molecule has 1 aromatic carbocycles. The second-order valence-electron chi connectivity index (χ2n) is 6.40. The predicted octanol–water partition coefficient (Wildman–Crippen LogP) is 4.39. The standard InChI is InChI=1S/C20H20ClN3O2S2/c21-15-3-5-17-18(14-15)28-20(22-17)24(8-7-23-9-11-26-12-10-23)19(25)6-4-16-2-1-13-27-16/h1-6,13-14H,7-12H2. The van der Waals surface area contributed by atoms with Gasteiger partial charge in [0.15, 0.2) is 5.13 Å². The highest BCUT2D eigenvalue weighted by molar-refractivity contribution is 7.22. The molecule has 1 amide bonds. The zero-order chi connectivity index (χ0) is 19.3. The summed E-state index contributed by atoms with van der Waals surface area (Å²) in [5, 5.41) is 3.37. The van der Waals surface area contributed by atoms with Crippen LogP contribution in [0.25, 0.3) is 16.3 Å². The van der Waals surface area contributed by atoms with Gasteiger partial charge in [0, 0.05) is 42.2 Å². The highest BCUT2D eigenvalue weighted by Crippen LogP contribution is 2.31. The summed E-state index contributed by atoms with van der Waals surface area (Å²) in [4.78, 5) is 22.8. The number of aromatic nitrogens is 1. The summed E-state index contributed by atoms with van der Waals surface area (Å²) in [7, 11) is 0. The minimum absolute atomic E-state index is 0.0631. The maximum absolute atomic E-state index is 13.0. The largest absolute Gasteiger partial charge is 0.379 e. The molecule has 1 fully saturated rings. The maximum atomic E-state index is 13.0. The van der Waals surface area contributed by atoms with Crippen LogP contribution in [0.2, 0.25) is 5.02 Å². The van der Waals surface area contributed by atoms with E-state index in [9.17, 15) is 4.79 Å². The fourth-order valence-electron chi connectivity index (χ4n) is 3.00. The molecule has 0 radical (unpaired) electrons. The molecule has 8 heteroatoms. The Morgan fingerprint density at radius 3 is 2.96 bits per heavy atom. The summed E-state index contributed by atoms with van der Waals surface area (Å²) in [5.41, 5.74) is 0.857. The summed E-state index contributed by atoms with van der Waals surface area (Å²) in [5.74, 6) is -0.0631. The van der Waals surface area contributed by atoms with Crippen molar-refractivity contribution in [2.24, 2.45) is 0 Å². The molecule has 0 spiro atoms.